The summed E-state index contributed by atoms with van der Waals surface area (Å²) in [4.78, 5) is 2.47. The number of fused-ring (bicyclic) bond motifs is 1. The third kappa shape index (κ3) is 3.69. The van der Waals surface area contributed by atoms with Crippen LogP contribution in [0.2, 0.25) is 0 Å². The zero-order valence-electron chi connectivity index (χ0n) is 13.2. The van der Waals surface area contributed by atoms with Crippen molar-refractivity contribution in [3.8, 4) is 0 Å². The van der Waals surface area contributed by atoms with E-state index < -0.39 is 0 Å². The van der Waals surface area contributed by atoms with Gasteiger partial charge < -0.3 is 19.5 Å². The van der Waals surface area contributed by atoms with Gasteiger partial charge in [0.05, 0.1) is 19.8 Å². The number of hydrogen-bond donors (Lipinski definition) is 1. The Morgan fingerprint density at radius 2 is 2.18 bits per heavy atom. The molecule has 0 bridgehead atoms. The summed E-state index contributed by atoms with van der Waals surface area (Å²) in [5.74, 6) is 0.594. The summed E-state index contributed by atoms with van der Waals surface area (Å²) >= 11 is 0. The van der Waals surface area contributed by atoms with Crippen molar-refractivity contribution in [1.29, 1.82) is 0 Å². The van der Waals surface area contributed by atoms with Gasteiger partial charge in [0.1, 0.15) is 0 Å². The molecule has 4 heteroatoms. The third-order valence-electron chi connectivity index (χ3n) is 5.07. The van der Waals surface area contributed by atoms with Gasteiger partial charge in [0.2, 0.25) is 0 Å². The molecule has 0 aliphatic carbocycles. The molecule has 2 heterocycles. The molecule has 2 atom stereocenters. The Labute approximate surface area is 133 Å². The van der Waals surface area contributed by atoms with Crippen LogP contribution >= 0.6 is 0 Å². The van der Waals surface area contributed by atoms with E-state index in [9.17, 15) is 5.11 Å². The maximum absolute atomic E-state index is 9.77. The van der Waals surface area contributed by atoms with Crippen molar-refractivity contribution < 1.29 is 14.6 Å². The number of benzene rings is 1. The lowest BCUT2D eigenvalue weighted by atomic mass is 9.76. The van der Waals surface area contributed by atoms with E-state index in [1.54, 1.807) is 0 Å². The summed E-state index contributed by atoms with van der Waals surface area (Å²) in [6.45, 7) is 6.41. The monoisotopic (exact) mass is 305 g/mol. The first-order chi connectivity index (χ1) is 10.8. The highest BCUT2D eigenvalue weighted by Gasteiger charge is 2.47. The van der Waals surface area contributed by atoms with E-state index >= 15 is 0 Å². The molecule has 2 fully saturated rings. The molecule has 1 aromatic rings. The Hall–Kier alpha value is -0.940. The number of likely N-dealkylation sites (tertiary alicyclic amines) is 1. The fourth-order valence-corrected chi connectivity index (χ4v) is 3.76. The van der Waals surface area contributed by atoms with Crippen molar-refractivity contribution in [2.75, 3.05) is 46.1 Å². The van der Waals surface area contributed by atoms with Gasteiger partial charge in [-0.1, -0.05) is 30.3 Å². The van der Waals surface area contributed by atoms with Crippen molar-refractivity contribution in [2.45, 2.75) is 19.4 Å². The zero-order chi connectivity index (χ0) is 15.3. The first kappa shape index (κ1) is 15.9. The van der Waals surface area contributed by atoms with Crippen LogP contribution in [0.5, 0.6) is 0 Å². The van der Waals surface area contributed by atoms with E-state index in [-0.39, 0.29) is 12.0 Å². The fraction of sp³-hybridized carbons (Fsp3) is 0.667. The van der Waals surface area contributed by atoms with Crippen LogP contribution in [0.3, 0.4) is 0 Å². The molecule has 0 radical (unpaired) electrons. The summed E-state index contributed by atoms with van der Waals surface area (Å²) in [6, 6.07) is 10.3. The van der Waals surface area contributed by atoms with Gasteiger partial charge in [-0.3, -0.25) is 0 Å². The summed E-state index contributed by atoms with van der Waals surface area (Å²) in [5, 5.41) is 9.77. The lowest BCUT2D eigenvalue weighted by molar-refractivity contribution is -0.0561. The van der Waals surface area contributed by atoms with Crippen LogP contribution in [0, 0.1) is 11.3 Å². The lowest BCUT2D eigenvalue weighted by Crippen LogP contribution is -2.43. The van der Waals surface area contributed by atoms with Gasteiger partial charge in [0, 0.05) is 38.3 Å². The minimum atomic E-state index is -0.0108. The Balaban J connectivity index is 1.36. The molecule has 3 rings (SSSR count). The molecule has 0 spiro atoms. The van der Waals surface area contributed by atoms with Gasteiger partial charge >= 0.3 is 0 Å². The van der Waals surface area contributed by atoms with E-state index in [0.29, 0.717) is 12.5 Å². The Morgan fingerprint density at radius 1 is 1.32 bits per heavy atom. The smallest absolute Gasteiger partial charge is 0.0716 e. The molecule has 122 valence electrons. The number of aliphatic hydroxyl groups is 1. The van der Waals surface area contributed by atoms with Crippen LogP contribution in [-0.4, -0.2) is 56.1 Å². The van der Waals surface area contributed by atoms with Gasteiger partial charge in [-0.15, -0.1) is 0 Å². The molecular formula is C18H27NO3. The SMILES string of the molecule is OC[C@]12COCC[C@H]1CN(CCCOCc1ccccc1)C2. The van der Waals surface area contributed by atoms with E-state index in [0.717, 1.165) is 52.3 Å². The predicted octanol–water partition coefficient (Wildman–Crippen LogP) is 1.92. The van der Waals surface area contributed by atoms with Crippen LogP contribution in [0.4, 0.5) is 0 Å². The van der Waals surface area contributed by atoms with Gasteiger partial charge in [-0.05, 0) is 24.3 Å². The van der Waals surface area contributed by atoms with Crippen molar-refractivity contribution in [1.82, 2.24) is 4.90 Å². The lowest BCUT2D eigenvalue weighted by Gasteiger charge is -2.36. The molecule has 22 heavy (non-hydrogen) atoms. The average Bonchev–Trinajstić information content (AvgIpc) is 2.94. The van der Waals surface area contributed by atoms with Crippen LogP contribution < -0.4 is 0 Å². The van der Waals surface area contributed by atoms with Gasteiger partial charge in [-0.2, -0.15) is 0 Å². The zero-order valence-corrected chi connectivity index (χ0v) is 13.2. The maximum Gasteiger partial charge on any atom is 0.0716 e. The topological polar surface area (TPSA) is 41.9 Å². The minimum Gasteiger partial charge on any atom is -0.396 e. The highest BCUT2D eigenvalue weighted by molar-refractivity contribution is 5.13. The number of ether oxygens (including phenoxy) is 2. The Morgan fingerprint density at radius 3 is 2.95 bits per heavy atom. The maximum atomic E-state index is 9.77. The normalized spacial score (nSPS) is 28.7. The fourth-order valence-electron chi connectivity index (χ4n) is 3.76. The van der Waals surface area contributed by atoms with Crippen molar-refractivity contribution in [3.05, 3.63) is 35.9 Å². The number of nitrogens with zero attached hydrogens (tertiary/aromatic N) is 1. The van der Waals surface area contributed by atoms with Crippen molar-refractivity contribution >= 4 is 0 Å². The summed E-state index contributed by atoms with van der Waals surface area (Å²) < 4.78 is 11.4. The summed E-state index contributed by atoms with van der Waals surface area (Å²) in [6.07, 6.45) is 2.13. The number of rotatable bonds is 7. The highest BCUT2D eigenvalue weighted by atomic mass is 16.5. The molecule has 0 unspecified atom stereocenters. The van der Waals surface area contributed by atoms with Crippen molar-refractivity contribution in [2.24, 2.45) is 11.3 Å². The molecule has 1 N–H and O–H groups in total. The molecule has 2 aliphatic heterocycles. The van der Waals surface area contributed by atoms with Gasteiger partial charge in [0.15, 0.2) is 0 Å². The second kappa shape index (κ2) is 7.55. The molecule has 2 aliphatic rings. The second-order valence-corrected chi connectivity index (χ2v) is 6.69. The molecule has 0 saturated carbocycles. The summed E-state index contributed by atoms with van der Waals surface area (Å²) in [7, 11) is 0. The molecule has 1 aromatic carbocycles. The Bertz CT molecular complexity index is 453. The molecular weight excluding hydrogens is 278 g/mol. The van der Waals surface area contributed by atoms with Gasteiger partial charge in [-0.25, -0.2) is 0 Å². The van der Waals surface area contributed by atoms with Crippen molar-refractivity contribution in [3.63, 3.8) is 0 Å². The van der Waals surface area contributed by atoms with Crippen LogP contribution in [0.25, 0.3) is 0 Å². The quantitative estimate of drug-likeness (QED) is 0.782. The average molecular weight is 305 g/mol. The number of aliphatic hydroxyl groups excluding tert-OH is 1. The van der Waals surface area contributed by atoms with Crippen LogP contribution in [-0.2, 0) is 16.1 Å². The highest BCUT2D eigenvalue weighted by Crippen LogP contribution is 2.40. The molecule has 0 aromatic heterocycles. The molecule has 4 nitrogen and oxygen atoms in total. The molecule has 0 amide bonds. The molecule has 2 saturated heterocycles. The first-order valence-electron chi connectivity index (χ1n) is 8.35. The van der Waals surface area contributed by atoms with E-state index in [4.69, 9.17) is 9.47 Å². The number of hydrogen-bond acceptors (Lipinski definition) is 4. The van der Waals surface area contributed by atoms with Crippen LogP contribution in [0.15, 0.2) is 30.3 Å². The third-order valence-corrected chi connectivity index (χ3v) is 5.07. The minimum absolute atomic E-state index is 0.0108. The second-order valence-electron chi connectivity index (χ2n) is 6.69. The van der Waals surface area contributed by atoms with Gasteiger partial charge in [0.25, 0.3) is 0 Å². The van der Waals surface area contributed by atoms with Crippen LogP contribution in [0.1, 0.15) is 18.4 Å². The summed E-state index contributed by atoms with van der Waals surface area (Å²) in [5.41, 5.74) is 1.22. The van der Waals surface area contributed by atoms with E-state index in [1.807, 2.05) is 18.2 Å². The Kier molecular flexibility index (Phi) is 5.47. The standard InChI is InChI=1S/C18H27NO3/c20-14-18-13-19(11-17(18)7-10-22-15-18)8-4-9-21-12-16-5-2-1-3-6-16/h1-3,5-6,17,20H,4,7-15H2/t17-,18+/m0/s1. The largest absolute Gasteiger partial charge is 0.396 e. The first-order valence-corrected chi connectivity index (χ1v) is 8.35. The van der Waals surface area contributed by atoms with E-state index in [2.05, 4.69) is 17.0 Å². The predicted molar refractivity (Wildman–Crippen MR) is 85.6 cm³/mol. The van der Waals surface area contributed by atoms with E-state index in [1.165, 1.54) is 5.56 Å².